The lowest BCUT2D eigenvalue weighted by molar-refractivity contribution is -0.380. The number of carbonyl (C=O) groups is 2. The van der Waals surface area contributed by atoms with E-state index in [1.54, 1.807) is 23.2 Å². The second-order valence-electron chi connectivity index (χ2n) is 7.41. The Bertz CT molecular complexity index is 1390. The Kier molecular flexibility index (Phi) is 6.02. The lowest BCUT2D eigenvalue weighted by Gasteiger charge is -2.26. The maximum atomic E-state index is 13.0. The van der Waals surface area contributed by atoms with Gasteiger partial charge in [-0.1, -0.05) is 23.5 Å². The number of hydrogen-bond acceptors (Lipinski definition) is 9. The molecule has 4 aromatic rings. The predicted octanol–water partition coefficient (Wildman–Crippen LogP) is 5.76. The third-order valence-corrected chi connectivity index (χ3v) is 8.54. The molecule has 174 valence electrons. The number of para-hydroxylation sites is 1. The van der Waals surface area contributed by atoms with E-state index in [9.17, 15) is 19.7 Å². The number of benzene rings is 1. The zero-order chi connectivity index (χ0) is 23.8. The minimum atomic E-state index is -0.512. The minimum absolute atomic E-state index is 0.0906. The monoisotopic (exact) mass is 514 g/mol. The number of hydrogen-bond donors (Lipinski definition) is 1. The number of aromatic nitrogens is 1. The highest BCUT2D eigenvalue weighted by atomic mass is 32.1. The van der Waals surface area contributed by atoms with Crippen LogP contribution in [0.15, 0.2) is 36.4 Å². The summed E-state index contributed by atoms with van der Waals surface area (Å²) in [6.45, 7) is 2.96. The molecular weight excluding hydrogens is 496 g/mol. The Labute approximate surface area is 205 Å². The Morgan fingerprint density at radius 1 is 1.21 bits per heavy atom. The number of amides is 2. The molecule has 1 aromatic carbocycles. The second-order valence-corrected chi connectivity index (χ2v) is 10.6. The average molecular weight is 515 g/mol. The summed E-state index contributed by atoms with van der Waals surface area (Å²) in [5, 5.41) is 15.3. The highest BCUT2D eigenvalue weighted by Crippen LogP contribution is 2.46. The number of anilines is 1. The number of nitrogens with zero attached hydrogens (tertiary/aromatic N) is 3. The lowest BCUT2D eigenvalue weighted by atomic mass is 10.0. The highest BCUT2D eigenvalue weighted by molar-refractivity contribution is 7.23. The van der Waals surface area contributed by atoms with Crippen molar-refractivity contribution >= 4 is 66.2 Å². The highest BCUT2D eigenvalue weighted by Gasteiger charge is 2.30. The molecule has 0 aliphatic carbocycles. The number of ether oxygens (including phenoxy) is 1. The van der Waals surface area contributed by atoms with Gasteiger partial charge < -0.3 is 15.0 Å². The van der Waals surface area contributed by atoms with Crippen LogP contribution in [0.2, 0.25) is 0 Å². The molecule has 0 fully saturated rings. The predicted molar refractivity (Wildman–Crippen MR) is 133 cm³/mol. The van der Waals surface area contributed by atoms with Crippen molar-refractivity contribution in [2.24, 2.45) is 0 Å². The first-order valence-electron chi connectivity index (χ1n) is 10.4. The van der Waals surface area contributed by atoms with Crippen molar-refractivity contribution in [3.05, 3.63) is 61.8 Å². The third-order valence-electron chi connectivity index (χ3n) is 5.31. The third kappa shape index (κ3) is 4.15. The van der Waals surface area contributed by atoms with E-state index < -0.39 is 10.8 Å². The summed E-state index contributed by atoms with van der Waals surface area (Å²) in [4.78, 5) is 43.4. The smallest absolute Gasteiger partial charge is 0.410 e. The molecule has 3 aromatic heterocycles. The van der Waals surface area contributed by atoms with Crippen LogP contribution in [-0.2, 0) is 17.7 Å². The molecule has 2 amide bonds. The van der Waals surface area contributed by atoms with Gasteiger partial charge in [-0.2, -0.15) is 0 Å². The van der Waals surface area contributed by atoms with Gasteiger partial charge in [-0.25, -0.2) is 9.78 Å². The van der Waals surface area contributed by atoms with E-state index in [4.69, 9.17) is 9.72 Å². The number of nitrogens with one attached hydrogen (secondary N) is 1. The normalized spacial score (nSPS) is 13.0. The van der Waals surface area contributed by atoms with Crippen LogP contribution in [-0.4, -0.2) is 40.0 Å². The van der Waals surface area contributed by atoms with E-state index in [1.165, 1.54) is 23.5 Å². The zero-order valence-electron chi connectivity index (χ0n) is 17.9. The van der Waals surface area contributed by atoms with Crippen molar-refractivity contribution in [3.63, 3.8) is 0 Å². The average Bonchev–Trinajstić information content (AvgIpc) is 3.54. The van der Waals surface area contributed by atoms with Crippen LogP contribution in [0.1, 0.15) is 27.0 Å². The fourth-order valence-corrected chi connectivity index (χ4v) is 6.86. The number of fused-ring (bicyclic) bond motifs is 2. The first-order valence-corrected chi connectivity index (χ1v) is 12.9. The van der Waals surface area contributed by atoms with Gasteiger partial charge in [-0.15, -0.1) is 22.7 Å². The Balaban J connectivity index is 1.54. The Hall–Kier alpha value is -3.35. The summed E-state index contributed by atoms with van der Waals surface area (Å²) in [5.41, 5.74) is 2.78. The molecule has 5 rings (SSSR count). The molecule has 34 heavy (non-hydrogen) atoms. The minimum Gasteiger partial charge on any atom is -0.450 e. The summed E-state index contributed by atoms with van der Waals surface area (Å²) in [6.07, 6.45) is 0.246. The van der Waals surface area contributed by atoms with E-state index in [2.05, 4.69) is 5.32 Å². The molecule has 1 N–H and O–H groups in total. The van der Waals surface area contributed by atoms with Gasteiger partial charge in [-0.3, -0.25) is 14.9 Å². The number of nitro groups is 1. The van der Waals surface area contributed by atoms with Gasteiger partial charge in [0.2, 0.25) is 0 Å². The molecule has 0 radical (unpaired) electrons. The molecule has 0 bridgehead atoms. The van der Waals surface area contributed by atoms with Gasteiger partial charge in [0.05, 0.1) is 33.2 Å². The number of carbonyl (C=O) groups excluding carboxylic acids is 2. The quantitative estimate of drug-likeness (QED) is 0.267. The topological polar surface area (TPSA) is 115 Å². The van der Waals surface area contributed by atoms with E-state index in [0.29, 0.717) is 31.1 Å². The summed E-state index contributed by atoms with van der Waals surface area (Å²) < 4.78 is 6.19. The van der Waals surface area contributed by atoms with Crippen molar-refractivity contribution in [1.82, 2.24) is 9.88 Å². The lowest BCUT2D eigenvalue weighted by Crippen LogP contribution is -2.35. The molecule has 1 aliphatic heterocycles. The van der Waals surface area contributed by atoms with Crippen molar-refractivity contribution in [1.29, 1.82) is 0 Å². The standard InChI is InChI=1S/C22H18N4O5S3/c1-2-31-22(28)25-10-9-12-16(11-25)34-21(24-19(27)15-7-8-17(32-15)26(29)30)18(12)20-23-13-5-3-4-6-14(13)33-20/h3-8H,2,9-11H2,1H3,(H,24,27). The van der Waals surface area contributed by atoms with Gasteiger partial charge in [0.1, 0.15) is 10.0 Å². The SMILES string of the molecule is CCOC(=O)N1CCc2c(sc(NC(=O)c3ccc([N+](=O)[O-])s3)c2-c2nc3ccccc3s2)C1. The fraction of sp³-hybridized carbons (Fsp3) is 0.227. The first kappa shape index (κ1) is 22.4. The molecule has 0 unspecified atom stereocenters. The van der Waals surface area contributed by atoms with E-state index in [-0.39, 0.29) is 16.0 Å². The van der Waals surface area contributed by atoms with Crippen LogP contribution in [0.5, 0.6) is 0 Å². The molecule has 0 saturated carbocycles. The molecule has 1 aliphatic rings. The largest absolute Gasteiger partial charge is 0.450 e. The molecule has 9 nitrogen and oxygen atoms in total. The summed E-state index contributed by atoms with van der Waals surface area (Å²) in [6, 6.07) is 10.6. The van der Waals surface area contributed by atoms with Crippen molar-refractivity contribution in [2.75, 3.05) is 18.5 Å². The van der Waals surface area contributed by atoms with Gasteiger partial charge in [0, 0.05) is 23.1 Å². The van der Waals surface area contributed by atoms with Gasteiger partial charge in [-0.05, 0) is 37.1 Å². The Morgan fingerprint density at radius 2 is 2.03 bits per heavy atom. The summed E-state index contributed by atoms with van der Waals surface area (Å²) in [5.74, 6) is -0.415. The van der Waals surface area contributed by atoms with Crippen LogP contribution in [0, 0.1) is 10.1 Å². The zero-order valence-corrected chi connectivity index (χ0v) is 20.3. The van der Waals surface area contributed by atoms with E-state index >= 15 is 0 Å². The summed E-state index contributed by atoms with van der Waals surface area (Å²) >= 11 is 3.77. The first-order chi connectivity index (χ1) is 16.4. The molecule has 0 spiro atoms. The Morgan fingerprint density at radius 3 is 2.76 bits per heavy atom. The summed E-state index contributed by atoms with van der Waals surface area (Å²) in [7, 11) is 0. The second kappa shape index (κ2) is 9.12. The van der Waals surface area contributed by atoms with Crippen LogP contribution in [0.3, 0.4) is 0 Å². The van der Waals surface area contributed by atoms with Crippen molar-refractivity contribution < 1.29 is 19.2 Å². The van der Waals surface area contributed by atoms with Crippen LogP contribution >= 0.6 is 34.0 Å². The molecule has 0 saturated heterocycles. The van der Waals surface area contributed by atoms with E-state index in [1.807, 2.05) is 24.3 Å². The number of thiazole rings is 1. The van der Waals surface area contributed by atoms with Gasteiger partial charge >= 0.3 is 11.1 Å². The van der Waals surface area contributed by atoms with Crippen LogP contribution < -0.4 is 5.32 Å². The van der Waals surface area contributed by atoms with Crippen LogP contribution in [0.25, 0.3) is 20.8 Å². The number of thiophene rings is 2. The maximum Gasteiger partial charge on any atom is 0.410 e. The molecular formula is C22H18N4O5S3. The maximum absolute atomic E-state index is 13.0. The van der Waals surface area contributed by atoms with Crippen molar-refractivity contribution in [2.45, 2.75) is 19.9 Å². The van der Waals surface area contributed by atoms with E-state index in [0.717, 1.165) is 42.6 Å². The van der Waals surface area contributed by atoms with Gasteiger partial charge in [0.25, 0.3) is 5.91 Å². The van der Waals surface area contributed by atoms with Crippen LogP contribution in [0.4, 0.5) is 14.8 Å². The number of rotatable bonds is 5. The fourth-order valence-electron chi connectivity index (χ4n) is 3.78. The molecule has 4 heterocycles. The molecule has 0 atom stereocenters. The van der Waals surface area contributed by atoms with Gasteiger partial charge in [0.15, 0.2) is 0 Å². The molecule has 12 heteroatoms. The van der Waals surface area contributed by atoms with Crippen molar-refractivity contribution in [3.8, 4) is 10.6 Å².